The maximum Gasteiger partial charge on any atom is 0.337 e. The smallest absolute Gasteiger partial charge is 0.337 e. The summed E-state index contributed by atoms with van der Waals surface area (Å²) < 4.78 is 10.8. The highest BCUT2D eigenvalue weighted by Gasteiger charge is 2.61. The van der Waals surface area contributed by atoms with Gasteiger partial charge in [0, 0.05) is 30.1 Å². The van der Waals surface area contributed by atoms with Crippen LogP contribution in [0.2, 0.25) is 0 Å². The molecule has 6 nitrogen and oxygen atoms in total. The zero-order chi connectivity index (χ0) is 18.8. The number of benzene rings is 1. The van der Waals surface area contributed by atoms with Gasteiger partial charge in [-0.15, -0.1) is 0 Å². The predicted molar refractivity (Wildman–Crippen MR) is 99.0 cm³/mol. The first kappa shape index (κ1) is 16.8. The highest BCUT2D eigenvalue weighted by molar-refractivity contribution is 6.07. The lowest BCUT2D eigenvalue weighted by molar-refractivity contribution is -0.139. The lowest BCUT2D eigenvalue weighted by atomic mass is 9.66. The number of carbonyl (C=O) groups is 2. The summed E-state index contributed by atoms with van der Waals surface area (Å²) in [5, 5.41) is 3.09. The van der Waals surface area contributed by atoms with Crippen LogP contribution < -0.4 is 5.32 Å². The van der Waals surface area contributed by atoms with E-state index in [9.17, 15) is 9.59 Å². The maximum absolute atomic E-state index is 13.1. The van der Waals surface area contributed by atoms with Crippen LogP contribution in [0.3, 0.4) is 0 Å². The van der Waals surface area contributed by atoms with Crippen molar-refractivity contribution < 1.29 is 19.1 Å². The molecule has 2 saturated heterocycles. The van der Waals surface area contributed by atoms with Crippen LogP contribution in [-0.2, 0) is 24.5 Å². The summed E-state index contributed by atoms with van der Waals surface area (Å²) in [4.78, 5) is 27.9. The molecule has 1 amide bonds. The number of nitrogens with zero attached hydrogens (tertiary/aromatic N) is 1. The lowest BCUT2D eigenvalue weighted by Crippen LogP contribution is -2.56. The molecule has 27 heavy (non-hydrogen) atoms. The summed E-state index contributed by atoms with van der Waals surface area (Å²) in [5.41, 5.74) is 2.11. The molecule has 0 aliphatic carbocycles. The Bertz CT molecular complexity index is 850. The number of esters is 1. The molecule has 0 bridgehead atoms. The number of hydrogen-bond acceptors (Lipinski definition) is 5. The lowest BCUT2D eigenvalue weighted by Gasteiger charge is -2.48. The van der Waals surface area contributed by atoms with E-state index >= 15 is 0 Å². The molecule has 4 aliphatic heterocycles. The first-order valence-electron chi connectivity index (χ1n) is 9.65. The normalized spacial score (nSPS) is 37.0. The summed E-state index contributed by atoms with van der Waals surface area (Å²) >= 11 is 0. The van der Waals surface area contributed by atoms with Crippen LogP contribution >= 0.6 is 0 Å². The van der Waals surface area contributed by atoms with Gasteiger partial charge in [0.15, 0.2) is 0 Å². The fraction of sp³-hybridized carbons (Fsp3) is 0.524. The Morgan fingerprint density at radius 1 is 1.37 bits per heavy atom. The fourth-order valence-electron chi connectivity index (χ4n) is 5.77. The van der Waals surface area contributed by atoms with Crippen LogP contribution in [-0.4, -0.2) is 49.1 Å². The topological polar surface area (TPSA) is 67.9 Å². The molecule has 1 spiro atoms. The second-order valence-corrected chi connectivity index (χ2v) is 8.14. The van der Waals surface area contributed by atoms with Crippen LogP contribution in [0.1, 0.15) is 25.3 Å². The van der Waals surface area contributed by atoms with Gasteiger partial charge in [-0.05, 0) is 37.9 Å². The van der Waals surface area contributed by atoms with E-state index in [4.69, 9.17) is 9.47 Å². The molecule has 4 aliphatic rings. The van der Waals surface area contributed by atoms with Gasteiger partial charge in [0.2, 0.25) is 5.91 Å². The Kier molecular flexibility index (Phi) is 3.63. The molecule has 5 rings (SSSR count). The van der Waals surface area contributed by atoms with Gasteiger partial charge in [-0.1, -0.05) is 18.2 Å². The van der Waals surface area contributed by atoms with E-state index in [0.29, 0.717) is 5.57 Å². The Balaban J connectivity index is 1.55. The largest absolute Gasteiger partial charge is 0.497 e. The Morgan fingerprint density at radius 2 is 2.19 bits per heavy atom. The molecule has 0 aromatic heterocycles. The Morgan fingerprint density at radius 3 is 3.00 bits per heavy atom. The van der Waals surface area contributed by atoms with Gasteiger partial charge in [0.25, 0.3) is 0 Å². The molecule has 6 heteroatoms. The molecule has 142 valence electrons. The van der Waals surface area contributed by atoms with E-state index in [1.54, 1.807) is 6.26 Å². The molecule has 1 N–H and O–H groups in total. The van der Waals surface area contributed by atoms with E-state index < -0.39 is 5.41 Å². The molecule has 5 atom stereocenters. The Hall–Kier alpha value is -2.34. The van der Waals surface area contributed by atoms with Gasteiger partial charge >= 0.3 is 5.97 Å². The summed E-state index contributed by atoms with van der Waals surface area (Å²) in [6, 6.07) is 8.10. The quantitative estimate of drug-likeness (QED) is 0.769. The molecule has 4 heterocycles. The summed E-state index contributed by atoms with van der Waals surface area (Å²) in [7, 11) is 1.41. The average molecular weight is 368 g/mol. The summed E-state index contributed by atoms with van der Waals surface area (Å²) in [6.45, 7) is 3.79. The average Bonchev–Trinajstić information content (AvgIpc) is 3.20. The molecule has 1 aromatic rings. The van der Waals surface area contributed by atoms with Crippen LogP contribution in [0, 0.1) is 11.8 Å². The number of ether oxygens (including phenoxy) is 2. The number of anilines is 1. The van der Waals surface area contributed by atoms with Crippen LogP contribution in [0.4, 0.5) is 5.69 Å². The van der Waals surface area contributed by atoms with Crippen molar-refractivity contribution in [3.8, 4) is 0 Å². The zero-order valence-electron chi connectivity index (χ0n) is 15.6. The van der Waals surface area contributed by atoms with Crippen molar-refractivity contribution in [3.05, 3.63) is 41.7 Å². The van der Waals surface area contributed by atoms with E-state index in [1.165, 1.54) is 7.11 Å². The van der Waals surface area contributed by atoms with Crippen molar-refractivity contribution in [2.75, 3.05) is 25.5 Å². The maximum atomic E-state index is 13.1. The number of amides is 1. The molecular weight excluding hydrogens is 344 g/mol. The molecule has 2 fully saturated rings. The third-order valence-electron chi connectivity index (χ3n) is 7.14. The van der Waals surface area contributed by atoms with Gasteiger partial charge in [0.1, 0.15) is 0 Å². The van der Waals surface area contributed by atoms with E-state index in [1.807, 2.05) is 18.2 Å². The molecule has 0 radical (unpaired) electrons. The van der Waals surface area contributed by atoms with Gasteiger partial charge in [-0.3, -0.25) is 9.69 Å². The highest BCUT2D eigenvalue weighted by Crippen LogP contribution is 2.53. The number of nitrogens with one attached hydrogen (secondary N) is 1. The number of piperidine rings is 1. The minimum absolute atomic E-state index is 0.0468. The second kappa shape index (κ2) is 5.83. The van der Waals surface area contributed by atoms with Crippen molar-refractivity contribution in [2.24, 2.45) is 11.8 Å². The number of methoxy groups -OCH3 is 1. The van der Waals surface area contributed by atoms with Crippen LogP contribution in [0.5, 0.6) is 0 Å². The van der Waals surface area contributed by atoms with Crippen molar-refractivity contribution in [3.63, 3.8) is 0 Å². The molecular formula is C21H24N2O4. The third kappa shape index (κ3) is 2.16. The number of fused-ring (bicyclic) bond motifs is 5. The molecule has 0 unspecified atom stereocenters. The van der Waals surface area contributed by atoms with E-state index in [2.05, 4.69) is 23.2 Å². The zero-order valence-corrected chi connectivity index (χ0v) is 15.6. The first-order valence-corrected chi connectivity index (χ1v) is 9.65. The number of para-hydroxylation sites is 1. The van der Waals surface area contributed by atoms with Crippen molar-refractivity contribution in [1.29, 1.82) is 0 Å². The van der Waals surface area contributed by atoms with Gasteiger partial charge in [-0.2, -0.15) is 0 Å². The first-order chi connectivity index (χ1) is 13.1. The van der Waals surface area contributed by atoms with Crippen molar-refractivity contribution in [1.82, 2.24) is 4.90 Å². The number of rotatable bonds is 1. The molecule has 1 aromatic carbocycles. The van der Waals surface area contributed by atoms with Gasteiger partial charge in [-0.25, -0.2) is 4.79 Å². The highest BCUT2D eigenvalue weighted by atomic mass is 16.5. The van der Waals surface area contributed by atoms with Gasteiger partial charge in [0.05, 0.1) is 30.5 Å². The van der Waals surface area contributed by atoms with E-state index in [-0.39, 0.29) is 35.9 Å². The minimum Gasteiger partial charge on any atom is -0.497 e. The minimum atomic E-state index is -0.523. The van der Waals surface area contributed by atoms with Crippen LogP contribution in [0.25, 0.3) is 0 Å². The van der Waals surface area contributed by atoms with Crippen LogP contribution in [0.15, 0.2) is 36.1 Å². The monoisotopic (exact) mass is 368 g/mol. The second-order valence-electron chi connectivity index (χ2n) is 8.14. The van der Waals surface area contributed by atoms with E-state index in [0.717, 1.165) is 37.2 Å². The summed E-state index contributed by atoms with van der Waals surface area (Å²) in [6.07, 6.45) is 3.20. The third-order valence-corrected chi connectivity index (χ3v) is 7.14. The predicted octanol–water partition coefficient (Wildman–Crippen LogP) is 2.06. The van der Waals surface area contributed by atoms with Gasteiger partial charge < -0.3 is 14.8 Å². The van der Waals surface area contributed by atoms with Crippen molar-refractivity contribution >= 4 is 17.6 Å². The Labute approximate surface area is 158 Å². The SMILES string of the molecule is COC(=O)C1=CO[C@H](C)[C@@H]2CN3CC[C@@]4(C(=O)Nc5ccccc54)[C@@H]3C[C@H]12. The number of hydrogen-bond donors (Lipinski definition) is 1. The number of carbonyl (C=O) groups excluding carboxylic acids is 2. The fourth-order valence-corrected chi connectivity index (χ4v) is 5.77. The standard InChI is InChI=1S/C21H24N2O4/c1-12-14-10-23-8-7-21(16-5-3-4-6-17(16)22-20(21)25)18(23)9-13(14)15(11-27-12)19(24)26-2/h3-6,11-14,18H,7-10H2,1-2H3,(H,22,25)/t12-,13+,14+,18+,21+/m1/s1. The van der Waals surface area contributed by atoms with Crippen molar-refractivity contribution in [2.45, 2.75) is 37.3 Å². The molecule has 0 saturated carbocycles. The summed E-state index contributed by atoms with van der Waals surface area (Å²) in [5.74, 6) is 0.0558.